The maximum Gasteiger partial charge on any atom is 0.433 e. The number of pyridine rings is 2. The summed E-state index contributed by atoms with van der Waals surface area (Å²) >= 11 is 5.53. The Bertz CT molecular complexity index is 2920. The molecule has 2 aliphatic heterocycles. The molecule has 4 heterocycles. The maximum atomic E-state index is 13.6. The summed E-state index contributed by atoms with van der Waals surface area (Å²) in [4.78, 5) is 28.2. The van der Waals surface area contributed by atoms with Crippen LogP contribution in [0.4, 0.5) is 52.7 Å². The normalized spacial score (nSPS) is 14.0. The molecular weight excluding hydrogens is 1650 g/mol. The lowest BCUT2D eigenvalue weighted by atomic mass is 9.90. The van der Waals surface area contributed by atoms with E-state index in [-0.39, 0.29) is 115 Å². The highest BCUT2D eigenvalue weighted by Gasteiger charge is 2.41. The number of fused-ring (bicyclic) bond motifs is 2. The quantitative estimate of drug-likeness (QED) is 0.0105. The third-order valence-electron chi connectivity index (χ3n) is 16.3. The number of hydrogen-bond donors (Lipinski definition) is 4. The number of aliphatic hydroxyl groups is 3. The molecule has 2 saturated heterocycles. The molecule has 0 spiro atoms. The lowest BCUT2D eigenvalue weighted by molar-refractivity contribution is -0.142. The molecule has 0 saturated carbocycles. The van der Waals surface area contributed by atoms with E-state index in [1.165, 1.54) is 12.1 Å². The van der Waals surface area contributed by atoms with Crippen molar-refractivity contribution in [3.8, 4) is 0 Å². The molecule has 6 rings (SSSR count). The van der Waals surface area contributed by atoms with Gasteiger partial charge < -0.3 is 91.8 Å². The molecular formula is C87H163ClF12N4O18. The minimum atomic E-state index is -4.96. The summed E-state index contributed by atoms with van der Waals surface area (Å²) in [6.45, 7) is 20.4. The molecule has 22 nitrogen and oxygen atoms in total. The zero-order valence-electron chi connectivity index (χ0n) is 66.3. The number of nitrogens with zero attached hydrogens (tertiary/aromatic N) is 3. The van der Waals surface area contributed by atoms with Gasteiger partial charge in [-0.1, -0.05) is 111 Å². The fourth-order valence-corrected chi connectivity index (χ4v) is 11.1. The van der Waals surface area contributed by atoms with Gasteiger partial charge in [-0.05, 0) is 153 Å². The van der Waals surface area contributed by atoms with Gasteiger partial charge in [0.2, 0.25) is 0 Å². The van der Waals surface area contributed by atoms with E-state index in [0.717, 1.165) is 108 Å². The average Bonchev–Trinajstić information content (AvgIpc) is 0.763. The second-order valence-corrected chi connectivity index (χ2v) is 25.1. The average molecular weight is 1820 g/mol. The minimum Gasteiger partial charge on any atom is -0.394 e. The van der Waals surface area contributed by atoms with E-state index >= 15 is 0 Å². The fourth-order valence-electron chi connectivity index (χ4n) is 10.9. The van der Waals surface area contributed by atoms with Gasteiger partial charge in [-0.15, -0.1) is 11.6 Å². The minimum absolute atomic E-state index is 0. The van der Waals surface area contributed by atoms with Crippen LogP contribution >= 0.6 is 11.6 Å². The Morgan fingerprint density at radius 1 is 0.467 bits per heavy atom. The number of nitrogens with one attached hydrogen (secondary N) is 1. The highest BCUT2D eigenvalue weighted by molar-refractivity contribution is 6.17. The van der Waals surface area contributed by atoms with Crippen LogP contribution in [-0.4, -0.2) is 247 Å². The topological polar surface area (TPSA) is 256 Å². The van der Waals surface area contributed by atoms with Crippen LogP contribution in [-0.2, 0) is 95.9 Å². The highest BCUT2D eigenvalue weighted by atomic mass is 35.5. The van der Waals surface area contributed by atoms with Gasteiger partial charge in [0.05, 0.1) is 100 Å². The van der Waals surface area contributed by atoms with E-state index < -0.39 is 82.5 Å². The molecule has 35 heteroatoms. The van der Waals surface area contributed by atoms with Crippen molar-refractivity contribution < 1.29 is 139 Å². The van der Waals surface area contributed by atoms with Crippen LogP contribution < -0.4 is 5.32 Å². The van der Waals surface area contributed by atoms with Crippen molar-refractivity contribution in [2.24, 2.45) is 0 Å². The molecule has 730 valence electrons. The number of aldehydes is 2. The number of para-hydroxylation sites is 2. The first kappa shape index (κ1) is 140. The molecule has 0 bridgehead atoms. The van der Waals surface area contributed by atoms with Gasteiger partial charge in [0.25, 0.3) is 0 Å². The maximum absolute atomic E-state index is 13.6. The van der Waals surface area contributed by atoms with Gasteiger partial charge in [0.15, 0.2) is 12.6 Å². The number of aliphatic hydroxyl groups excluding tert-OH is 3. The lowest BCUT2D eigenvalue weighted by Gasteiger charge is -2.39. The van der Waals surface area contributed by atoms with Crippen molar-refractivity contribution >= 4 is 46.0 Å². The van der Waals surface area contributed by atoms with Gasteiger partial charge in [-0.25, -0.2) is 9.97 Å². The molecule has 2 fully saturated rings. The molecule has 2 aromatic carbocycles. The van der Waals surface area contributed by atoms with Crippen molar-refractivity contribution in [3.63, 3.8) is 0 Å². The number of carbonyl (C=O) groups is 2. The monoisotopic (exact) mass is 1820 g/mol. The highest BCUT2D eigenvalue weighted by Crippen LogP contribution is 2.43. The van der Waals surface area contributed by atoms with Crippen LogP contribution in [0.15, 0.2) is 48.5 Å². The summed E-state index contributed by atoms with van der Waals surface area (Å²) in [5.74, 6) is 0.677. The zero-order chi connectivity index (χ0) is 84.1. The largest absolute Gasteiger partial charge is 0.433 e. The van der Waals surface area contributed by atoms with E-state index in [4.69, 9.17) is 73.5 Å². The molecule has 4 N–H and O–H groups in total. The first-order chi connectivity index (χ1) is 53.6. The van der Waals surface area contributed by atoms with Crippen LogP contribution in [0.25, 0.3) is 21.8 Å². The number of rotatable bonds is 46. The van der Waals surface area contributed by atoms with E-state index in [1.54, 1.807) is 35.5 Å². The van der Waals surface area contributed by atoms with Crippen molar-refractivity contribution in [2.75, 3.05) is 180 Å². The number of alkyl halides is 13. The molecule has 4 atom stereocenters. The molecule has 4 aromatic rings. The number of likely N-dealkylation sites (tertiary alicyclic amines) is 1. The number of halogens is 13. The molecule has 4 unspecified atom stereocenters. The number of aromatic nitrogens is 2. The zero-order valence-corrected chi connectivity index (χ0v) is 67.1. The van der Waals surface area contributed by atoms with Crippen molar-refractivity contribution in [1.29, 1.82) is 0 Å². The first-order valence-corrected chi connectivity index (χ1v) is 38.4. The van der Waals surface area contributed by atoms with Crippen LogP contribution in [0.5, 0.6) is 0 Å². The lowest BCUT2D eigenvalue weighted by Crippen LogP contribution is -2.44. The Balaban J connectivity index is -0.000000140. The third-order valence-corrected chi connectivity index (χ3v) is 16.5. The molecule has 2 aromatic heterocycles. The smallest absolute Gasteiger partial charge is 0.394 e. The number of hydrogen-bond acceptors (Lipinski definition) is 22. The molecule has 0 radical (unpaired) electrons. The summed E-state index contributed by atoms with van der Waals surface area (Å²) in [6, 6.07) is 6.43. The standard InChI is InChI=1S/C24H30F6N2O3.C17H16F6N2O.C11H24O4.C8H17ClO2.2C7H14O3.C3H8O2.10CH4/c1-34-13-14-35-12-5-4-11-32-10-3-2-9-19(32)22(33)17-15-20(24(28,29)30)31-21-16(17)7-6-8-18(21)23(25,26)27;18-16(19,20)11-5-3-4-9-10(15(26)12-6-1-2-7-24-12)8-13(17(21,22)23)25-14(9)11;1-4-14-11(15-5-2)7-6-8-13-10-9-12-3;1-3-10-8(11-4-2)6-5-7-9;2*1-9-6-7-10-5-3-2-4-8;1-5-3-2-4;;;;;;;;;;/h6-8,15,19,22,33H,2-5,9-14H2,1H3;3-5,8,12,15,24,26H,1-2,6-7H2;11H,4-10H2,1-3H3;8H,3-7H2,1-2H3;2*4H,2-3,5-7H2,1H3;4H,2-3H2,1H3;10*1H4. The van der Waals surface area contributed by atoms with Gasteiger partial charge in [0, 0.05) is 136 Å². The Morgan fingerprint density at radius 2 is 0.836 bits per heavy atom. The Labute approximate surface area is 730 Å². The van der Waals surface area contributed by atoms with Crippen LogP contribution in [0.3, 0.4) is 0 Å². The van der Waals surface area contributed by atoms with E-state index in [1.807, 2.05) is 32.6 Å². The SMILES string of the molecule is C.C.C.C.C.C.C.C.C.C.CCOC(CCCCl)OCC.CCOC(CCCOCCOC)OCC.COCCO.COCCOCCCC=O.COCCOCCCC=O.COCCOCCCCN1CCCCC1C(O)c1cc(C(F)(F)F)nc2c(C(F)(F)F)cccc12.OC(c1cc(C(F)(F)F)nc2c(C(F)(F)F)cccc12)C1CCCCN1. The van der Waals surface area contributed by atoms with Crippen LogP contribution in [0, 0.1) is 0 Å². The van der Waals surface area contributed by atoms with Crippen molar-refractivity contribution in [3.05, 3.63) is 82.2 Å². The fraction of sp³-hybridized carbons (Fsp3) is 0.770. The molecule has 0 amide bonds. The molecule has 2 aliphatic rings. The van der Waals surface area contributed by atoms with Crippen molar-refractivity contribution in [1.82, 2.24) is 20.2 Å². The number of benzene rings is 2. The number of carbonyl (C=O) groups excluding carboxylic acids is 2. The Kier molecular flexibility index (Phi) is 98.7. The van der Waals surface area contributed by atoms with Crippen molar-refractivity contribution in [2.45, 2.75) is 266 Å². The predicted molar refractivity (Wildman–Crippen MR) is 468 cm³/mol. The Morgan fingerprint density at radius 3 is 1.16 bits per heavy atom. The third kappa shape index (κ3) is 62.5. The van der Waals surface area contributed by atoms with Crippen LogP contribution in [0.2, 0.25) is 0 Å². The van der Waals surface area contributed by atoms with Gasteiger partial charge in [-0.2, -0.15) is 52.7 Å². The number of unbranched alkanes of at least 4 members (excludes halogenated alkanes) is 3. The van der Waals surface area contributed by atoms with Gasteiger partial charge in [0.1, 0.15) is 24.0 Å². The van der Waals surface area contributed by atoms with Gasteiger partial charge >= 0.3 is 24.7 Å². The number of ether oxygens (including phenoxy) is 13. The number of methoxy groups -OCH3 is 5. The summed E-state index contributed by atoms with van der Waals surface area (Å²) in [5.41, 5.74) is -7.42. The number of piperidine rings is 2. The van der Waals surface area contributed by atoms with Gasteiger partial charge in [-0.3, -0.25) is 4.90 Å². The van der Waals surface area contributed by atoms with E-state index in [0.29, 0.717) is 181 Å². The predicted octanol–water partition coefficient (Wildman–Crippen LogP) is 21.5. The molecule has 122 heavy (non-hydrogen) atoms. The summed E-state index contributed by atoms with van der Waals surface area (Å²) < 4.78 is 227. The first-order valence-electron chi connectivity index (χ1n) is 37.8. The van der Waals surface area contributed by atoms with Crippen LogP contribution in [0.1, 0.15) is 251 Å². The second kappa shape index (κ2) is 85.7. The molecule has 0 aliphatic carbocycles. The summed E-state index contributed by atoms with van der Waals surface area (Å²) in [5, 5.41) is 32.5. The summed E-state index contributed by atoms with van der Waals surface area (Å²) in [6.07, 6.45) is -8.42. The Hall–Kier alpha value is -4.67. The van der Waals surface area contributed by atoms with E-state index in [2.05, 4.69) is 20.0 Å². The van der Waals surface area contributed by atoms with E-state index in [9.17, 15) is 72.5 Å². The summed E-state index contributed by atoms with van der Waals surface area (Å²) in [7, 11) is 8.07. The second-order valence-electron chi connectivity index (χ2n) is 24.7.